The van der Waals surface area contributed by atoms with Crippen molar-refractivity contribution in [2.24, 2.45) is 5.73 Å². The number of rotatable bonds is 14. The number of hydrogen-bond acceptors (Lipinski definition) is 8. The average Bonchev–Trinajstić information content (AvgIpc) is 3.74. The maximum absolute atomic E-state index is 13.4. The Kier molecular flexibility index (Phi) is 9.44. The van der Waals surface area contributed by atoms with E-state index in [0.29, 0.717) is 11.4 Å². The smallest absolute Gasteiger partial charge is 0.326 e. The number of aromatic nitrogens is 5. The molecule has 10 N–H and O–H groups in total. The van der Waals surface area contributed by atoms with E-state index in [9.17, 15) is 29.4 Å². The molecule has 0 saturated heterocycles. The fraction of sp³-hybridized carbons (Fsp3) is 0.308. The zero-order chi connectivity index (χ0) is 29.4. The molecule has 0 bridgehead atoms. The van der Waals surface area contributed by atoms with Crippen molar-refractivity contribution in [2.45, 2.75) is 43.4 Å². The number of amides is 3. The number of H-pyrrole nitrogens is 3. The first-order chi connectivity index (χ1) is 19.7. The number of para-hydroxylation sites is 1. The number of nitrogens with zero attached hydrogens (tertiary/aromatic N) is 2. The third kappa shape index (κ3) is 7.55. The van der Waals surface area contributed by atoms with Crippen LogP contribution in [-0.2, 0) is 38.4 Å². The number of carbonyl (C=O) groups excluding carboxylic acids is 3. The van der Waals surface area contributed by atoms with Gasteiger partial charge in [0.2, 0.25) is 17.7 Å². The van der Waals surface area contributed by atoms with Crippen molar-refractivity contribution < 1.29 is 29.4 Å². The number of carbonyl (C=O) groups is 4. The van der Waals surface area contributed by atoms with Crippen LogP contribution in [0.3, 0.4) is 0 Å². The highest BCUT2D eigenvalue weighted by Crippen LogP contribution is 2.19. The highest BCUT2D eigenvalue weighted by atomic mass is 16.4. The molecule has 4 rings (SSSR count). The van der Waals surface area contributed by atoms with E-state index < -0.39 is 54.5 Å². The van der Waals surface area contributed by atoms with Gasteiger partial charge in [-0.25, -0.2) is 14.8 Å². The van der Waals surface area contributed by atoms with Crippen molar-refractivity contribution in [3.05, 3.63) is 72.5 Å². The molecule has 0 aliphatic carbocycles. The van der Waals surface area contributed by atoms with Crippen molar-refractivity contribution in [2.75, 3.05) is 6.61 Å². The zero-order valence-electron chi connectivity index (χ0n) is 21.8. The van der Waals surface area contributed by atoms with Crippen molar-refractivity contribution in [3.8, 4) is 0 Å². The molecule has 1 aromatic carbocycles. The largest absolute Gasteiger partial charge is 0.480 e. The molecule has 4 aromatic rings. The zero-order valence-corrected chi connectivity index (χ0v) is 21.8. The van der Waals surface area contributed by atoms with E-state index in [1.165, 1.54) is 25.0 Å². The normalized spacial score (nSPS) is 14.1. The van der Waals surface area contributed by atoms with E-state index in [4.69, 9.17) is 5.73 Å². The number of nitrogens with two attached hydrogens (primary N) is 1. The number of aliphatic hydroxyl groups excluding tert-OH is 1. The maximum Gasteiger partial charge on any atom is 0.326 e. The number of aliphatic hydroxyl groups is 1. The number of carboxylic acid groups (broad SMARTS) is 1. The summed E-state index contributed by atoms with van der Waals surface area (Å²) in [5.74, 6) is -3.62. The van der Waals surface area contributed by atoms with Gasteiger partial charge in [-0.15, -0.1) is 0 Å². The van der Waals surface area contributed by atoms with Crippen molar-refractivity contribution in [3.63, 3.8) is 0 Å². The Morgan fingerprint density at radius 1 is 0.805 bits per heavy atom. The Bertz CT molecular complexity index is 1470. The van der Waals surface area contributed by atoms with Gasteiger partial charge in [-0.3, -0.25) is 14.4 Å². The van der Waals surface area contributed by atoms with E-state index in [1.807, 2.05) is 24.3 Å². The summed E-state index contributed by atoms with van der Waals surface area (Å²) >= 11 is 0. The van der Waals surface area contributed by atoms with Crippen LogP contribution in [0.5, 0.6) is 0 Å². The first kappa shape index (κ1) is 29.0. The van der Waals surface area contributed by atoms with Gasteiger partial charge in [-0.05, 0) is 11.6 Å². The third-order valence-corrected chi connectivity index (χ3v) is 6.47. The van der Waals surface area contributed by atoms with E-state index >= 15 is 0 Å². The predicted octanol–water partition coefficient (Wildman–Crippen LogP) is -1.50. The summed E-state index contributed by atoms with van der Waals surface area (Å²) in [6.07, 6.45) is 7.57. The van der Waals surface area contributed by atoms with E-state index in [2.05, 4.69) is 40.9 Å². The molecule has 15 heteroatoms. The van der Waals surface area contributed by atoms with E-state index in [1.54, 1.807) is 6.20 Å². The monoisotopic (exact) mass is 565 g/mol. The molecule has 0 aliphatic heterocycles. The number of carboxylic acids is 1. The number of aromatic amines is 3. The van der Waals surface area contributed by atoms with Crippen LogP contribution < -0.4 is 21.7 Å². The lowest BCUT2D eigenvalue weighted by atomic mass is 10.0. The first-order valence-electron chi connectivity index (χ1n) is 12.7. The molecule has 4 unspecified atom stereocenters. The molecule has 3 aromatic heterocycles. The van der Waals surface area contributed by atoms with Gasteiger partial charge in [0.1, 0.15) is 18.1 Å². The Labute approximate surface area is 233 Å². The van der Waals surface area contributed by atoms with Crippen LogP contribution >= 0.6 is 0 Å². The van der Waals surface area contributed by atoms with Crippen molar-refractivity contribution >= 4 is 34.6 Å². The number of nitrogens with one attached hydrogen (secondary N) is 6. The third-order valence-electron chi connectivity index (χ3n) is 6.47. The van der Waals surface area contributed by atoms with Crippen LogP contribution in [0.4, 0.5) is 0 Å². The van der Waals surface area contributed by atoms with Crippen LogP contribution in [0.2, 0.25) is 0 Å². The summed E-state index contributed by atoms with van der Waals surface area (Å²) < 4.78 is 0. The Hall–Kier alpha value is -5.02. The topological polar surface area (TPSA) is 244 Å². The second-order valence-corrected chi connectivity index (χ2v) is 9.44. The van der Waals surface area contributed by atoms with Gasteiger partial charge in [0, 0.05) is 60.1 Å². The molecule has 3 heterocycles. The highest BCUT2D eigenvalue weighted by Gasteiger charge is 2.31. The summed E-state index contributed by atoms with van der Waals surface area (Å²) in [6.45, 7) is -0.818. The molecule has 41 heavy (non-hydrogen) atoms. The molecular formula is C26H31N9O6. The number of benzene rings is 1. The van der Waals surface area contributed by atoms with Crippen LogP contribution in [0.25, 0.3) is 10.9 Å². The molecule has 0 saturated carbocycles. The molecule has 0 fully saturated rings. The van der Waals surface area contributed by atoms with Crippen LogP contribution in [0, 0.1) is 0 Å². The van der Waals surface area contributed by atoms with E-state index in [0.717, 1.165) is 16.5 Å². The van der Waals surface area contributed by atoms with E-state index in [-0.39, 0.29) is 19.3 Å². The van der Waals surface area contributed by atoms with Gasteiger partial charge in [-0.2, -0.15) is 0 Å². The lowest BCUT2D eigenvalue weighted by Crippen LogP contribution is -2.58. The average molecular weight is 566 g/mol. The fourth-order valence-corrected chi connectivity index (χ4v) is 4.29. The molecule has 0 radical (unpaired) electrons. The fourth-order valence-electron chi connectivity index (χ4n) is 4.29. The van der Waals surface area contributed by atoms with Crippen LogP contribution in [0.15, 0.2) is 55.5 Å². The minimum atomic E-state index is -1.49. The summed E-state index contributed by atoms with van der Waals surface area (Å²) in [5, 5.41) is 27.7. The molecule has 15 nitrogen and oxygen atoms in total. The van der Waals surface area contributed by atoms with Gasteiger partial charge in [0.15, 0.2) is 0 Å². The summed E-state index contributed by atoms with van der Waals surface area (Å²) in [6, 6.07) is 2.37. The van der Waals surface area contributed by atoms with Gasteiger partial charge < -0.3 is 46.8 Å². The van der Waals surface area contributed by atoms with Crippen molar-refractivity contribution in [1.82, 2.24) is 40.9 Å². The second kappa shape index (κ2) is 13.4. The minimum Gasteiger partial charge on any atom is -0.480 e. The quantitative estimate of drug-likeness (QED) is 0.0862. The van der Waals surface area contributed by atoms with Crippen molar-refractivity contribution in [1.29, 1.82) is 0 Å². The van der Waals surface area contributed by atoms with Gasteiger partial charge in [0.05, 0.1) is 25.3 Å². The second-order valence-electron chi connectivity index (χ2n) is 9.44. The minimum absolute atomic E-state index is 0.0374. The Morgan fingerprint density at radius 2 is 1.41 bits per heavy atom. The lowest BCUT2D eigenvalue weighted by Gasteiger charge is -2.24. The maximum atomic E-state index is 13.4. The molecule has 3 amide bonds. The summed E-state index contributed by atoms with van der Waals surface area (Å²) in [4.78, 5) is 67.4. The molecule has 0 aliphatic rings. The highest BCUT2D eigenvalue weighted by molar-refractivity contribution is 5.95. The summed E-state index contributed by atoms with van der Waals surface area (Å²) in [7, 11) is 0. The number of hydrogen-bond donors (Lipinski definition) is 9. The predicted molar refractivity (Wildman–Crippen MR) is 145 cm³/mol. The van der Waals surface area contributed by atoms with Gasteiger partial charge >= 0.3 is 5.97 Å². The van der Waals surface area contributed by atoms with Gasteiger partial charge in [-0.1, -0.05) is 18.2 Å². The van der Waals surface area contributed by atoms with Crippen LogP contribution in [-0.4, -0.2) is 89.6 Å². The number of fused-ring (bicyclic) bond motifs is 1. The number of aliphatic carboxylic acids is 1. The SMILES string of the molecule is NC(Cc1cnc[nH]1)C(=O)NC(Cc1c[nH]c2ccccc12)C(=O)NC(CO)C(=O)NC(Cc1cnc[nH]1)C(=O)O. The molecule has 216 valence electrons. The summed E-state index contributed by atoms with van der Waals surface area (Å²) in [5.41, 5.74) is 8.72. The molecular weight excluding hydrogens is 534 g/mol. The lowest BCUT2D eigenvalue weighted by molar-refractivity contribution is -0.142. The number of imidazole rings is 2. The molecule has 0 spiro atoms. The molecule has 4 atom stereocenters. The standard InChI is InChI=1S/C26H31N9O6/c27-18(6-15-9-28-12-31-15)23(37)33-20(5-14-8-30-19-4-2-1-3-17(14)19)24(38)35-22(11-36)25(39)34-21(26(40)41)7-16-10-29-13-32-16/h1-4,8-10,12-13,18,20-22,30,36H,5-7,11,27H2,(H,28,31)(H,29,32)(H,33,37)(H,34,39)(H,35,38)(H,40,41). The Balaban J connectivity index is 1.48. The van der Waals surface area contributed by atoms with Gasteiger partial charge in [0.25, 0.3) is 0 Å². The Morgan fingerprint density at radius 3 is 2.05 bits per heavy atom. The van der Waals surface area contributed by atoms with Crippen LogP contribution in [0.1, 0.15) is 17.0 Å². The first-order valence-corrected chi connectivity index (χ1v) is 12.7.